The number of hydrogen-bond acceptors (Lipinski definition) is 3. The Kier molecular flexibility index (Phi) is 11.6. The first-order valence-corrected chi connectivity index (χ1v) is 5.10. The molecule has 0 aromatic heterocycles. The Labute approximate surface area is 91.3 Å². The lowest BCUT2D eigenvalue weighted by atomic mass is 10.1. The van der Waals surface area contributed by atoms with Gasteiger partial charge in [0.1, 0.15) is 0 Å². The van der Waals surface area contributed by atoms with Crippen molar-refractivity contribution < 1.29 is 4.79 Å². The molecular weight excluding hydrogens is 194 g/mol. The highest BCUT2D eigenvalue weighted by molar-refractivity contribution is 5.81. The van der Waals surface area contributed by atoms with E-state index in [-0.39, 0.29) is 11.9 Å². The van der Waals surface area contributed by atoms with Crippen molar-refractivity contribution in [3.05, 3.63) is 0 Å². The maximum Gasteiger partial charge on any atom is 0.236 e. The molecule has 6 nitrogen and oxygen atoms in total. The zero-order valence-corrected chi connectivity index (χ0v) is 9.79. The van der Waals surface area contributed by atoms with Crippen LogP contribution in [0, 0.1) is 0 Å². The van der Waals surface area contributed by atoms with Crippen LogP contribution in [0.3, 0.4) is 0 Å². The van der Waals surface area contributed by atoms with Crippen molar-refractivity contribution in [3.63, 3.8) is 0 Å². The van der Waals surface area contributed by atoms with Gasteiger partial charge in [-0.05, 0) is 12.8 Å². The van der Waals surface area contributed by atoms with Gasteiger partial charge in [-0.15, -0.1) is 0 Å². The van der Waals surface area contributed by atoms with E-state index in [2.05, 4.69) is 10.3 Å². The van der Waals surface area contributed by atoms with Crippen LogP contribution in [0.1, 0.15) is 26.7 Å². The van der Waals surface area contributed by atoms with Gasteiger partial charge in [0.25, 0.3) is 0 Å². The van der Waals surface area contributed by atoms with Crippen molar-refractivity contribution in [1.29, 1.82) is 0 Å². The van der Waals surface area contributed by atoms with Crippen LogP contribution in [0.2, 0.25) is 0 Å². The molecule has 0 aliphatic rings. The number of carbonyl (C=O) groups excluding carboxylic acids is 1. The molecule has 0 spiro atoms. The van der Waals surface area contributed by atoms with Gasteiger partial charge in [-0.25, -0.2) is 0 Å². The number of carbonyl (C=O) groups is 1. The van der Waals surface area contributed by atoms with E-state index in [4.69, 9.17) is 17.2 Å². The number of guanidine groups is 1. The molecule has 0 aliphatic heterocycles. The van der Waals surface area contributed by atoms with Crippen LogP contribution < -0.4 is 22.5 Å². The molecule has 0 aliphatic carbocycles. The number of likely N-dealkylation sites (N-methyl/N-ethyl adjacent to an activating group) is 1. The van der Waals surface area contributed by atoms with Crippen molar-refractivity contribution >= 4 is 11.9 Å². The molecule has 1 unspecified atom stereocenters. The van der Waals surface area contributed by atoms with Gasteiger partial charge in [-0.1, -0.05) is 13.8 Å². The molecule has 0 radical (unpaired) electrons. The van der Waals surface area contributed by atoms with Crippen molar-refractivity contribution in [2.45, 2.75) is 32.7 Å². The average molecular weight is 217 g/mol. The van der Waals surface area contributed by atoms with E-state index < -0.39 is 6.04 Å². The van der Waals surface area contributed by atoms with Crippen LogP contribution in [-0.2, 0) is 4.79 Å². The van der Waals surface area contributed by atoms with E-state index in [0.717, 1.165) is 0 Å². The summed E-state index contributed by atoms with van der Waals surface area (Å²) in [5, 5.41) is 2.47. The third-order valence-corrected chi connectivity index (χ3v) is 1.55. The molecule has 90 valence electrons. The minimum atomic E-state index is -0.473. The molecule has 1 amide bonds. The number of nitrogens with one attached hydrogen (secondary N) is 1. The van der Waals surface area contributed by atoms with Crippen molar-refractivity contribution in [3.8, 4) is 0 Å². The number of amides is 1. The third-order valence-electron chi connectivity index (χ3n) is 1.55. The maximum absolute atomic E-state index is 10.9. The Bertz CT molecular complexity index is 189. The molecule has 15 heavy (non-hydrogen) atoms. The van der Waals surface area contributed by atoms with Crippen LogP contribution in [0.4, 0.5) is 0 Å². The van der Waals surface area contributed by atoms with E-state index in [9.17, 15) is 4.79 Å². The minimum absolute atomic E-state index is 0.0634. The second kappa shape index (κ2) is 10.8. The summed E-state index contributed by atoms with van der Waals surface area (Å²) < 4.78 is 0. The summed E-state index contributed by atoms with van der Waals surface area (Å²) in [5.74, 6) is -0.0989. The Morgan fingerprint density at radius 2 is 1.93 bits per heavy atom. The van der Waals surface area contributed by atoms with E-state index >= 15 is 0 Å². The van der Waals surface area contributed by atoms with Crippen molar-refractivity contribution in [2.75, 3.05) is 13.6 Å². The molecule has 0 bridgehead atoms. The normalized spacial score (nSPS) is 10.7. The summed E-state index contributed by atoms with van der Waals surface area (Å²) in [4.78, 5) is 14.7. The molecule has 0 saturated carbocycles. The Morgan fingerprint density at radius 1 is 1.40 bits per heavy atom. The molecule has 7 N–H and O–H groups in total. The average Bonchev–Trinajstić information content (AvgIpc) is 2.25. The highest BCUT2D eigenvalue weighted by Gasteiger charge is 2.09. The highest BCUT2D eigenvalue weighted by atomic mass is 16.2. The second-order valence-electron chi connectivity index (χ2n) is 2.67. The lowest BCUT2D eigenvalue weighted by Crippen LogP contribution is -2.38. The topological polar surface area (TPSA) is 120 Å². The smallest absolute Gasteiger partial charge is 0.236 e. The number of rotatable bonds is 5. The summed E-state index contributed by atoms with van der Waals surface area (Å²) in [6.45, 7) is 4.51. The standard InChI is InChI=1S/C7H17N5O.C2H6/c1-11-6(13)5(8)3-2-4-12-7(9)10;1-2/h5H,2-4,8H2,1H3,(H,11,13)(H4,9,10,12);1-2H3. The van der Waals surface area contributed by atoms with Crippen LogP contribution in [0.25, 0.3) is 0 Å². The molecule has 0 rings (SSSR count). The lowest BCUT2D eigenvalue weighted by Gasteiger charge is -2.07. The minimum Gasteiger partial charge on any atom is -0.370 e. The summed E-state index contributed by atoms with van der Waals surface area (Å²) in [5.41, 5.74) is 15.7. The molecular formula is C9H23N5O. The third kappa shape index (κ3) is 10.6. The molecule has 1 atom stereocenters. The second-order valence-corrected chi connectivity index (χ2v) is 2.67. The van der Waals surface area contributed by atoms with Gasteiger partial charge in [0.15, 0.2) is 5.96 Å². The number of nitrogens with zero attached hydrogens (tertiary/aromatic N) is 1. The van der Waals surface area contributed by atoms with Crippen LogP contribution in [0.15, 0.2) is 4.99 Å². The van der Waals surface area contributed by atoms with Gasteiger partial charge in [0.05, 0.1) is 6.04 Å². The summed E-state index contributed by atoms with van der Waals surface area (Å²) in [6, 6.07) is -0.473. The van der Waals surface area contributed by atoms with Gasteiger partial charge in [0.2, 0.25) is 5.91 Å². The molecule has 0 heterocycles. The quantitative estimate of drug-likeness (QED) is 0.272. The molecule has 0 aromatic carbocycles. The van der Waals surface area contributed by atoms with Gasteiger partial charge in [-0.2, -0.15) is 0 Å². The first kappa shape index (κ1) is 16.1. The summed E-state index contributed by atoms with van der Waals surface area (Å²) >= 11 is 0. The van der Waals surface area contributed by atoms with Crippen LogP contribution >= 0.6 is 0 Å². The zero-order valence-electron chi connectivity index (χ0n) is 9.79. The predicted molar refractivity (Wildman–Crippen MR) is 63.3 cm³/mol. The first-order valence-electron chi connectivity index (χ1n) is 5.10. The number of nitrogens with two attached hydrogens (primary N) is 3. The summed E-state index contributed by atoms with van der Waals surface area (Å²) in [7, 11) is 1.55. The lowest BCUT2D eigenvalue weighted by molar-refractivity contribution is -0.122. The molecule has 6 heteroatoms. The van der Waals surface area contributed by atoms with E-state index in [0.29, 0.717) is 19.4 Å². The highest BCUT2D eigenvalue weighted by Crippen LogP contribution is 1.94. The van der Waals surface area contributed by atoms with Gasteiger partial charge in [0, 0.05) is 13.6 Å². The fraction of sp³-hybridized carbons (Fsp3) is 0.778. The number of aliphatic imine (C=N–C) groups is 1. The number of hydrogen-bond donors (Lipinski definition) is 4. The van der Waals surface area contributed by atoms with Gasteiger partial charge >= 0.3 is 0 Å². The Hall–Kier alpha value is -1.30. The van der Waals surface area contributed by atoms with Crippen molar-refractivity contribution in [2.24, 2.45) is 22.2 Å². The molecule has 0 fully saturated rings. The van der Waals surface area contributed by atoms with E-state index in [1.54, 1.807) is 7.05 Å². The largest absolute Gasteiger partial charge is 0.370 e. The maximum atomic E-state index is 10.9. The Balaban J connectivity index is 0. The fourth-order valence-electron chi connectivity index (χ4n) is 0.836. The molecule has 0 aromatic rings. The van der Waals surface area contributed by atoms with Crippen molar-refractivity contribution in [1.82, 2.24) is 5.32 Å². The SMILES string of the molecule is CC.CNC(=O)C(N)CCCN=C(N)N. The fourth-order valence-corrected chi connectivity index (χ4v) is 0.836. The predicted octanol–water partition coefficient (Wildman–Crippen LogP) is -0.860. The monoisotopic (exact) mass is 217 g/mol. The Morgan fingerprint density at radius 3 is 2.33 bits per heavy atom. The van der Waals surface area contributed by atoms with Crippen LogP contribution in [0.5, 0.6) is 0 Å². The van der Waals surface area contributed by atoms with Gasteiger partial charge < -0.3 is 22.5 Å². The zero-order chi connectivity index (χ0) is 12.3. The van der Waals surface area contributed by atoms with Gasteiger partial charge in [-0.3, -0.25) is 9.79 Å². The van der Waals surface area contributed by atoms with E-state index in [1.807, 2.05) is 13.8 Å². The molecule has 0 saturated heterocycles. The summed E-state index contributed by atoms with van der Waals surface area (Å²) in [6.07, 6.45) is 1.28. The first-order chi connectivity index (χ1) is 7.07. The van der Waals surface area contributed by atoms with E-state index in [1.165, 1.54) is 0 Å². The van der Waals surface area contributed by atoms with Crippen LogP contribution in [-0.4, -0.2) is 31.5 Å².